The second-order valence-corrected chi connectivity index (χ2v) is 7.20. The van der Waals surface area contributed by atoms with Gasteiger partial charge in [0.1, 0.15) is 0 Å². The summed E-state index contributed by atoms with van der Waals surface area (Å²) in [7, 11) is 0. The minimum absolute atomic E-state index is 0.0443. The molecule has 0 bridgehead atoms. The number of urea groups is 1. The highest BCUT2D eigenvalue weighted by Crippen LogP contribution is 2.35. The smallest absolute Gasteiger partial charge is 0.315 e. The molecule has 2 heterocycles. The molecule has 0 radical (unpaired) electrons. The van der Waals surface area contributed by atoms with Crippen molar-refractivity contribution < 1.29 is 9.59 Å². The molecule has 1 aromatic heterocycles. The number of nitrogens with zero attached hydrogens (tertiary/aromatic N) is 2. The van der Waals surface area contributed by atoms with Crippen LogP contribution in [-0.2, 0) is 4.79 Å². The number of hydrogen-bond acceptors (Lipinski definition) is 3. The number of pyridine rings is 1. The highest BCUT2D eigenvalue weighted by atomic mass is 16.2. The number of hydrogen-bond donors (Lipinski definition) is 2. The molecule has 1 aromatic rings. The first kappa shape index (κ1) is 17.7. The molecule has 0 aromatic carbocycles. The normalized spacial score (nSPS) is 20.3. The Kier molecular flexibility index (Phi) is 5.89. The average Bonchev–Trinajstić information content (AvgIpc) is 3.15. The molecule has 0 unspecified atom stereocenters. The second-order valence-electron chi connectivity index (χ2n) is 7.20. The predicted octanol–water partition coefficient (Wildman–Crippen LogP) is 2.62. The fourth-order valence-electron chi connectivity index (χ4n) is 4.04. The molecular formula is C19H28N4O2. The largest absolute Gasteiger partial charge is 0.343 e. The average molecular weight is 344 g/mol. The monoisotopic (exact) mass is 344 g/mol. The first-order chi connectivity index (χ1) is 12.1. The van der Waals surface area contributed by atoms with E-state index < -0.39 is 0 Å². The maximum Gasteiger partial charge on any atom is 0.315 e. The van der Waals surface area contributed by atoms with Gasteiger partial charge < -0.3 is 15.5 Å². The van der Waals surface area contributed by atoms with E-state index in [0.29, 0.717) is 5.92 Å². The lowest BCUT2D eigenvalue weighted by molar-refractivity contribution is -0.129. The highest BCUT2D eigenvalue weighted by Gasteiger charge is 2.29. The van der Waals surface area contributed by atoms with Crippen LogP contribution in [0, 0.1) is 5.92 Å². The van der Waals surface area contributed by atoms with Gasteiger partial charge in [0, 0.05) is 38.4 Å². The Morgan fingerprint density at radius 2 is 1.76 bits per heavy atom. The summed E-state index contributed by atoms with van der Waals surface area (Å²) in [5, 5.41) is 6.30. The van der Waals surface area contributed by atoms with Gasteiger partial charge >= 0.3 is 6.03 Å². The van der Waals surface area contributed by atoms with E-state index in [1.807, 2.05) is 17.0 Å². The van der Waals surface area contributed by atoms with E-state index in [2.05, 4.69) is 15.6 Å². The van der Waals surface area contributed by atoms with Crippen LogP contribution in [0.3, 0.4) is 0 Å². The third kappa shape index (κ3) is 4.71. The number of nitrogens with one attached hydrogen (secondary N) is 2. The van der Waals surface area contributed by atoms with Crippen molar-refractivity contribution in [2.75, 3.05) is 13.1 Å². The molecule has 6 heteroatoms. The molecule has 1 saturated heterocycles. The van der Waals surface area contributed by atoms with Crippen molar-refractivity contribution in [2.24, 2.45) is 5.92 Å². The molecule has 1 aliphatic heterocycles. The van der Waals surface area contributed by atoms with Crippen LogP contribution in [0.2, 0.25) is 0 Å². The van der Waals surface area contributed by atoms with Gasteiger partial charge in [0.25, 0.3) is 0 Å². The summed E-state index contributed by atoms with van der Waals surface area (Å²) in [5.74, 6) is 0.606. The lowest BCUT2D eigenvalue weighted by Gasteiger charge is -2.32. The van der Waals surface area contributed by atoms with E-state index in [-0.39, 0.29) is 24.0 Å². The fraction of sp³-hybridized carbons (Fsp3) is 0.632. The van der Waals surface area contributed by atoms with Gasteiger partial charge in [-0.3, -0.25) is 9.78 Å². The molecule has 2 fully saturated rings. The van der Waals surface area contributed by atoms with Crippen molar-refractivity contribution >= 4 is 11.9 Å². The molecule has 3 rings (SSSR count). The fourth-order valence-corrected chi connectivity index (χ4v) is 4.04. The summed E-state index contributed by atoms with van der Waals surface area (Å²) in [6.07, 6.45) is 9.99. The Bertz CT molecular complexity index is 578. The van der Waals surface area contributed by atoms with Gasteiger partial charge in [0.2, 0.25) is 5.91 Å². The van der Waals surface area contributed by atoms with Gasteiger partial charge in [-0.2, -0.15) is 0 Å². The number of piperidine rings is 1. The van der Waals surface area contributed by atoms with Crippen LogP contribution in [0.4, 0.5) is 4.79 Å². The number of carbonyl (C=O) groups is 2. The summed E-state index contributed by atoms with van der Waals surface area (Å²) in [6.45, 7) is 3.04. The predicted molar refractivity (Wildman–Crippen MR) is 95.9 cm³/mol. The first-order valence-electron chi connectivity index (χ1n) is 9.36. The van der Waals surface area contributed by atoms with Crippen LogP contribution >= 0.6 is 0 Å². The van der Waals surface area contributed by atoms with E-state index in [4.69, 9.17) is 0 Å². The Hall–Kier alpha value is -2.11. The Balaban J connectivity index is 1.56. The molecule has 1 atom stereocenters. The van der Waals surface area contributed by atoms with Crippen LogP contribution in [-0.4, -0.2) is 41.0 Å². The first-order valence-corrected chi connectivity index (χ1v) is 9.36. The zero-order valence-corrected chi connectivity index (χ0v) is 14.9. The quantitative estimate of drug-likeness (QED) is 0.882. The van der Waals surface area contributed by atoms with E-state index in [9.17, 15) is 9.59 Å². The molecule has 1 aliphatic carbocycles. The van der Waals surface area contributed by atoms with Gasteiger partial charge in [-0.1, -0.05) is 12.8 Å². The van der Waals surface area contributed by atoms with Crippen LogP contribution in [0.1, 0.15) is 57.1 Å². The molecular weight excluding hydrogens is 316 g/mol. The molecule has 136 valence electrons. The lowest BCUT2D eigenvalue weighted by Crippen LogP contribution is -2.49. The maximum absolute atomic E-state index is 12.5. The molecule has 6 nitrogen and oxygen atoms in total. The molecule has 25 heavy (non-hydrogen) atoms. The molecule has 1 saturated carbocycles. The van der Waals surface area contributed by atoms with Crippen molar-refractivity contribution in [2.45, 2.75) is 57.5 Å². The topological polar surface area (TPSA) is 74.3 Å². The van der Waals surface area contributed by atoms with Gasteiger partial charge in [0.15, 0.2) is 0 Å². The van der Waals surface area contributed by atoms with E-state index in [0.717, 1.165) is 44.3 Å². The van der Waals surface area contributed by atoms with Crippen molar-refractivity contribution in [3.05, 3.63) is 30.1 Å². The van der Waals surface area contributed by atoms with Gasteiger partial charge in [-0.25, -0.2) is 4.79 Å². The molecule has 0 spiro atoms. The summed E-state index contributed by atoms with van der Waals surface area (Å²) in [6, 6.07) is 4.07. The minimum Gasteiger partial charge on any atom is -0.343 e. The zero-order valence-electron chi connectivity index (χ0n) is 14.9. The molecule has 3 amide bonds. The number of rotatable bonds is 4. The SMILES string of the molecule is CC(=O)N1CCC(NC(=O)N[C@H](c2ccncc2)C2CCCC2)CC1. The number of amides is 3. The molecule has 2 N–H and O–H groups in total. The third-order valence-corrected chi connectivity index (χ3v) is 5.50. The number of aromatic nitrogens is 1. The van der Waals surface area contributed by atoms with Crippen molar-refractivity contribution in [3.63, 3.8) is 0 Å². The summed E-state index contributed by atoms with van der Waals surface area (Å²) in [5.41, 5.74) is 1.13. The van der Waals surface area contributed by atoms with Crippen LogP contribution in [0.15, 0.2) is 24.5 Å². The highest BCUT2D eigenvalue weighted by molar-refractivity contribution is 5.75. The number of carbonyl (C=O) groups excluding carboxylic acids is 2. The van der Waals surface area contributed by atoms with Gasteiger partial charge in [-0.05, 0) is 49.3 Å². The summed E-state index contributed by atoms with van der Waals surface area (Å²) >= 11 is 0. The molecule has 2 aliphatic rings. The Labute approximate surface area is 149 Å². The summed E-state index contributed by atoms with van der Waals surface area (Å²) in [4.78, 5) is 29.9. The maximum atomic E-state index is 12.5. The lowest BCUT2D eigenvalue weighted by atomic mass is 9.92. The standard InChI is InChI=1S/C19H28N4O2/c1-14(24)23-12-8-17(9-13-23)21-19(25)22-18(15-4-2-3-5-15)16-6-10-20-11-7-16/h6-7,10-11,15,17-18H,2-5,8-9,12-13H2,1H3,(H2,21,22,25)/t18-/m0/s1. The van der Waals surface area contributed by atoms with Crippen LogP contribution in [0.5, 0.6) is 0 Å². The van der Waals surface area contributed by atoms with Crippen LogP contribution in [0.25, 0.3) is 0 Å². The van der Waals surface area contributed by atoms with Crippen molar-refractivity contribution in [1.29, 1.82) is 0 Å². The Morgan fingerprint density at radius 3 is 2.36 bits per heavy atom. The number of likely N-dealkylation sites (tertiary alicyclic amines) is 1. The van der Waals surface area contributed by atoms with Gasteiger partial charge in [0.05, 0.1) is 6.04 Å². The van der Waals surface area contributed by atoms with Crippen molar-refractivity contribution in [1.82, 2.24) is 20.5 Å². The minimum atomic E-state index is -0.102. The van der Waals surface area contributed by atoms with Crippen molar-refractivity contribution in [3.8, 4) is 0 Å². The summed E-state index contributed by atoms with van der Waals surface area (Å²) < 4.78 is 0. The van der Waals surface area contributed by atoms with Crippen LogP contribution < -0.4 is 10.6 Å². The van der Waals surface area contributed by atoms with E-state index in [1.54, 1.807) is 19.3 Å². The van der Waals surface area contributed by atoms with Gasteiger partial charge in [-0.15, -0.1) is 0 Å². The zero-order chi connectivity index (χ0) is 17.6. The van der Waals surface area contributed by atoms with E-state index >= 15 is 0 Å². The Morgan fingerprint density at radius 1 is 1.12 bits per heavy atom. The second kappa shape index (κ2) is 8.32. The third-order valence-electron chi connectivity index (χ3n) is 5.50. The van der Waals surface area contributed by atoms with E-state index in [1.165, 1.54) is 12.8 Å².